The van der Waals surface area contributed by atoms with Gasteiger partial charge in [-0.3, -0.25) is 0 Å². The number of ether oxygens (including phenoxy) is 1. The number of phenols is 1. The van der Waals surface area contributed by atoms with E-state index in [4.69, 9.17) is 16.3 Å². The van der Waals surface area contributed by atoms with Crippen molar-refractivity contribution in [2.45, 2.75) is 6.92 Å². The number of hydrogen-bond donors (Lipinski definition) is 1. The predicted octanol–water partition coefficient (Wildman–Crippen LogP) is 2.67. The Labute approximate surface area is 100 Å². The van der Waals surface area contributed by atoms with Crippen LogP contribution in [0.1, 0.15) is 6.92 Å². The normalized spacial score (nSPS) is 10.8. The van der Waals surface area contributed by atoms with Gasteiger partial charge in [-0.05, 0) is 6.92 Å². The summed E-state index contributed by atoms with van der Waals surface area (Å²) in [6.45, 7) is 2.88. The molecule has 0 bridgehead atoms. The van der Waals surface area contributed by atoms with Crippen LogP contribution in [-0.2, 0) is 0 Å². The molecule has 0 radical (unpaired) electrons. The Morgan fingerprint density at radius 1 is 1.56 bits per heavy atom. The average Bonchev–Trinajstić information content (AvgIpc) is 2.27. The first-order valence-electron chi connectivity index (χ1n) is 4.89. The van der Waals surface area contributed by atoms with E-state index in [0.29, 0.717) is 16.5 Å². The second-order valence-corrected chi connectivity index (χ2v) is 3.70. The van der Waals surface area contributed by atoms with E-state index in [-0.39, 0.29) is 5.75 Å². The molecule has 4 nitrogen and oxygen atoms in total. The van der Waals surface area contributed by atoms with Gasteiger partial charge in [0, 0.05) is 25.7 Å². The Morgan fingerprint density at radius 2 is 2.25 bits per heavy atom. The van der Waals surface area contributed by atoms with E-state index >= 15 is 0 Å². The van der Waals surface area contributed by atoms with Crippen LogP contribution >= 0.6 is 11.6 Å². The highest BCUT2D eigenvalue weighted by atomic mass is 35.5. The third-order valence-electron chi connectivity index (χ3n) is 2.14. The molecule has 88 valence electrons. The Morgan fingerprint density at radius 3 is 2.81 bits per heavy atom. The molecular weight excluding hydrogens is 228 g/mol. The maximum atomic E-state index is 9.47. The zero-order valence-electron chi connectivity index (χ0n) is 9.57. The standard InChI is InChI=1S/C11H15ClN2O2/c1-4-14(2)7-13-9-6-11(16-3)10(15)5-8(9)12/h5-7,15H,4H2,1-3H3. The summed E-state index contributed by atoms with van der Waals surface area (Å²) >= 11 is 5.94. The number of benzene rings is 1. The van der Waals surface area contributed by atoms with Crippen molar-refractivity contribution in [1.29, 1.82) is 0 Å². The van der Waals surface area contributed by atoms with Crippen LogP contribution in [0.3, 0.4) is 0 Å². The zero-order valence-corrected chi connectivity index (χ0v) is 10.3. The minimum Gasteiger partial charge on any atom is -0.504 e. The molecule has 0 heterocycles. The van der Waals surface area contributed by atoms with E-state index in [2.05, 4.69) is 4.99 Å². The second kappa shape index (κ2) is 5.61. The Hall–Kier alpha value is -1.42. The maximum absolute atomic E-state index is 9.47. The van der Waals surface area contributed by atoms with Gasteiger partial charge in [0.2, 0.25) is 0 Å². The smallest absolute Gasteiger partial charge is 0.162 e. The largest absolute Gasteiger partial charge is 0.504 e. The van der Waals surface area contributed by atoms with Gasteiger partial charge in [-0.2, -0.15) is 0 Å². The van der Waals surface area contributed by atoms with Gasteiger partial charge >= 0.3 is 0 Å². The van der Waals surface area contributed by atoms with Crippen molar-refractivity contribution in [3.05, 3.63) is 17.2 Å². The molecule has 0 atom stereocenters. The lowest BCUT2D eigenvalue weighted by Crippen LogP contribution is -2.14. The van der Waals surface area contributed by atoms with Crippen LogP contribution in [0.4, 0.5) is 5.69 Å². The van der Waals surface area contributed by atoms with Gasteiger partial charge in [-0.25, -0.2) is 4.99 Å². The molecule has 0 saturated carbocycles. The number of rotatable bonds is 4. The summed E-state index contributed by atoms with van der Waals surface area (Å²) in [5.74, 6) is 0.367. The van der Waals surface area contributed by atoms with Gasteiger partial charge in [-0.15, -0.1) is 0 Å². The number of aromatic hydroxyl groups is 1. The summed E-state index contributed by atoms with van der Waals surface area (Å²) in [5, 5.41) is 9.86. The molecule has 1 aromatic carbocycles. The molecule has 1 rings (SSSR count). The van der Waals surface area contributed by atoms with E-state index < -0.39 is 0 Å². The molecule has 5 heteroatoms. The van der Waals surface area contributed by atoms with E-state index in [9.17, 15) is 5.11 Å². The van der Waals surface area contributed by atoms with Gasteiger partial charge in [-0.1, -0.05) is 11.6 Å². The first kappa shape index (κ1) is 12.6. The predicted molar refractivity (Wildman–Crippen MR) is 66.1 cm³/mol. The number of aliphatic imine (C=N–C) groups is 1. The maximum Gasteiger partial charge on any atom is 0.162 e. The molecular formula is C11H15ClN2O2. The number of nitrogens with zero attached hydrogens (tertiary/aromatic N) is 2. The SMILES string of the molecule is CCN(C)C=Nc1cc(OC)c(O)cc1Cl. The molecule has 0 aliphatic carbocycles. The fourth-order valence-corrected chi connectivity index (χ4v) is 1.24. The van der Waals surface area contributed by atoms with Crippen molar-refractivity contribution >= 4 is 23.6 Å². The minimum atomic E-state index is 0.00953. The number of hydrogen-bond acceptors (Lipinski definition) is 3. The number of halogens is 1. The number of methoxy groups -OCH3 is 1. The highest BCUT2D eigenvalue weighted by Gasteiger charge is 2.07. The topological polar surface area (TPSA) is 45.1 Å². The van der Waals surface area contributed by atoms with Crippen LogP contribution in [0.5, 0.6) is 11.5 Å². The average molecular weight is 243 g/mol. The molecule has 0 saturated heterocycles. The molecule has 0 spiro atoms. The fourth-order valence-electron chi connectivity index (χ4n) is 1.04. The first-order chi connectivity index (χ1) is 7.58. The summed E-state index contributed by atoms with van der Waals surface area (Å²) in [4.78, 5) is 6.12. The highest BCUT2D eigenvalue weighted by molar-refractivity contribution is 6.33. The lowest BCUT2D eigenvalue weighted by molar-refractivity contribution is 0.373. The fraction of sp³-hybridized carbons (Fsp3) is 0.364. The Balaban J connectivity index is 3.00. The van der Waals surface area contributed by atoms with Gasteiger partial charge in [0.05, 0.1) is 24.2 Å². The third kappa shape index (κ3) is 3.03. The molecule has 0 fully saturated rings. The summed E-state index contributed by atoms with van der Waals surface area (Å²) < 4.78 is 4.98. The summed E-state index contributed by atoms with van der Waals surface area (Å²) in [6, 6.07) is 3.01. The molecule has 16 heavy (non-hydrogen) atoms. The van der Waals surface area contributed by atoms with Crippen LogP contribution in [0.15, 0.2) is 17.1 Å². The van der Waals surface area contributed by atoms with Crippen LogP contribution in [-0.4, -0.2) is 37.0 Å². The lowest BCUT2D eigenvalue weighted by atomic mass is 10.3. The lowest BCUT2D eigenvalue weighted by Gasteiger charge is -2.09. The van der Waals surface area contributed by atoms with Gasteiger partial charge in [0.1, 0.15) is 0 Å². The quantitative estimate of drug-likeness (QED) is 0.652. The van der Waals surface area contributed by atoms with E-state index in [1.807, 2.05) is 18.9 Å². The molecule has 0 aliphatic rings. The van der Waals surface area contributed by atoms with Crippen molar-refractivity contribution in [3.63, 3.8) is 0 Å². The number of phenolic OH excluding ortho intramolecular Hbond substituents is 1. The van der Waals surface area contributed by atoms with Crippen LogP contribution < -0.4 is 4.74 Å². The summed E-state index contributed by atoms with van der Waals surface area (Å²) in [5.41, 5.74) is 0.566. The third-order valence-corrected chi connectivity index (χ3v) is 2.44. The molecule has 0 aliphatic heterocycles. The molecule has 0 aromatic heterocycles. The van der Waals surface area contributed by atoms with Gasteiger partial charge < -0.3 is 14.7 Å². The molecule has 0 unspecified atom stereocenters. The summed E-state index contributed by atoms with van der Waals surface area (Å²) in [6.07, 6.45) is 1.68. The second-order valence-electron chi connectivity index (χ2n) is 3.29. The van der Waals surface area contributed by atoms with Crippen molar-refractivity contribution < 1.29 is 9.84 Å². The van der Waals surface area contributed by atoms with E-state index in [1.54, 1.807) is 12.4 Å². The van der Waals surface area contributed by atoms with Crippen LogP contribution in [0.2, 0.25) is 5.02 Å². The van der Waals surface area contributed by atoms with Crippen LogP contribution in [0, 0.1) is 0 Å². The zero-order chi connectivity index (χ0) is 12.1. The summed E-state index contributed by atoms with van der Waals surface area (Å²) in [7, 11) is 3.39. The molecule has 1 aromatic rings. The van der Waals surface area contributed by atoms with E-state index in [0.717, 1.165) is 6.54 Å². The highest BCUT2D eigenvalue weighted by Crippen LogP contribution is 2.36. The Kier molecular flexibility index (Phi) is 4.43. The van der Waals surface area contributed by atoms with Crippen molar-refractivity contribution in [2.24, 2.45) is 4.99 Å². The molecule has 1 N–H and O–H groups in total. The Bertz CT molecular complexity index is 394. The van der Waals surface area contributed by atoms with Gasteiger partial charge in [0.25, 0.3) is 0 Å². The van der Waals surface area contributed by atoms with Crippen LogP contribution in [0.25, 0.3) is 0 Å². The van der Waals surface area contributed by atoms with Crippen molar-refractivity contribution in [2.75, 3.05) is 20.7 Å². The van der Waals surface area contributed by atoms with Crippen molar-refractivity contribution in [3.8, 4) is 11.5 Å². The minimum absolute atomic E-state index is 0.00953. The van der Waals surface area contributed by atoms with Gasteiger partial charge in [0.15, 0.2) is 11.5 Å². The van der Waals surface area contributed by atoms with E-state index in [1.165, 1.54) is 13.2 Å². The first-order valence-corrected chi connectivity index (χ1v) is 5.27. The molecule has 0 amide bonds. The van der Waals surface area contributed by atoms with Crippen molar-refractivity contribution in [1.82, 2.24) is 4.90 Å². The monoisotopic (exact) mass is 242 g/mol.